The van der Waals surface area contributed by atoms with E-state index in [0.29, 0.717) is 24.3 Å². The molecule has 2 heterocycles. The molecule has 0 saturated carbocycles. The van der Waals surface area contributed by atoms with Crippen LogP contribution in [0, 0.1) is 0 Å². The van der Waals surface area contributed by atoms with Crippen LogP contribution in [-0.4, -0.2) is 34.5 Å². The summed E-state index contributed by atoms with van der Waals surface area (Å²) in [6.07, 6.45) is -0.692. The maximum atomic E-state index is 12.4. The Morgan fingerprint density at radius 2 is 2.08 bits per heavy atom. The molecule has 1 saturated heterocycles. The van der Waals surface area contributed by atoms with Gasteiger partial charge in [0.15, 0.2) is 0 Å². The van der Waals surface area contributed by atoms with Gasteiger partial charge in [-0.25, -0.2) is 0 Å². The molecule has 0 aliphatic carbocycles. The van der Waals surface area contributed by atoms with Crippen molar-refractivity contribution in [3.05, 3.63) is 59.9 Å². The summed E-state index contributed by atoms with van der Waals surface area (Å²) in [5.41, 5.74) is 1.61. The minimum atomic E-state index is -4.74. The number of aromatic nitrogens is 1. The van der Waals surface area contributed by atoms with Crippen LogP contribution in [0.15, 0.2) is 48.8 Å². The lowest BCUT2D eigenvalue weighted by Gasteiger charge is -2.24. The minimum absolute atomic E-state index is 0. The Morgan fingerprint density at radius 1 is 1.27 bits per heavy atom. The molecule has 1 amide bonds. The monoisotopic (exact) mass is 404 g/mol. The first-order chi connectivity index (χ1) is 11.9. The highest BCUT2D eigenvalue weighted by molar-refractivity contribution is 8.00. The molecule has 1 aromatic carbocycles. The number of rotatable bonds is 5. The fraction of sp³-hybridized carbons (Fsp3) is 0.294. The third-order valence-corrected chi connectivity index (χ3v) is 4.97. The van der Waals surface area contributed by atoms with Gasteiger partial charge >= 0.3 is 6.36 Å². The summed E-state index contributed by atoms with van der Waals surface area (Å²) in [4.78, 5) is 17.9. The number of hydrogen-bond donors (Lipinski definition) is 0. The van der Waals surface area contributed by atoms with Gasteiger partial charge in [0.1, 0.15) is 11.1 Å². The van der Waals surface area contributed by atoms with Gasteiger partial charge in [-0.15, -0.1) is 37.3 Å². The Morgan fingerprint density at radius 3 is 2.77 bits per heavy atom. The molecule has 3 rings (SSSR count). The molecule has 1 aromatic heterocycles. The first-order valence-electron chi connectivity index (χ1n) is 7.58. The molecule has 1 aliphatic heterocycles. The lowest BCUT2D eigenvalue weighted by molar-refractivity contribution is -0.274. The van der Waals surface area contributed by atoms with Crippen LogP contribution in [0.25, 0.3) is 0 Å². The van der Waals surface area contributed by atoms with E-state index in [4.69, 9.17) is 0 Å². The molecule has 1 aliphatic rings. The van der Waals surface area contributed by atoms with Crippen molar-refractivity contribution in [1.82, 2.24) is 9.88 Å². The number of pyridine rings is 1. The second-order valence-electron chi connectivity index (χ2n) is 5.48. The van der Waals surface area contributed by atoms with Crippen LogP contribution in [0.4, 0.5) is 13.2 Å². The summed E-state index contributed by atoms with van der Waals surface area (Å²) in [6, 6.07) is 9.54. The third kappa shape index (κ3) is 5.28. The average molecular weight is 405 g/mol. The van der Waals surface area contributed by atoms with E-state index in [2.05, 4.69) is 9.72 Å². The molecule has 140 valence electrons. The van der Waals surface area contributed by atoms with Gasteiger partial charge in [0, 0.05) is 18.9 Å². The number of amides is 1. The van der Waals surface area contributed by atoms with Crippen molar-refractivity contribution in [2.45, 2.75) is 18.2 Å². The minimum Gasteiger partial charge on any atom is -0.406 e. The van der Waals surface area contributed by atoms with Gasteiger partial charge in [-0.1, -0.05) is 18.2 Å². The Hall–Kier alpha value is -1.93. The summed E-state index contributed by atoms with van der Waals surface area (Å²) in [7, 11) is 0. The SMILES string of the molecule is Cl.O=C1CSC(c2cccc(OC(F)(F)F)c2)N1CCc1cccnc1. The first-order valence-corrected chi connectivity index (χ1v) is 8.63. The van der Waals surface area contributed by atoms with E-state index in [9.17, 15) is 18.0 Å². The molecule has 1 unspecified atom stereocenters. The predicted molar refractivity (Wildman–Crippen MR) is 95.2 cm³/mol. The summed E-state index contributed by atoms with van der Waals surface area (Å²) >= 11 is 1.40. The second kappa shape index (κ2) is 8.64. The van der Waals surface area contributed by atoms with Crippen molar-refractivity contribution in [2.24, 2.45) is 0 Å². The van der Waals surface area contributed by atoms with Crippen LogP contribution < -0.4 is 4.74 Å². The van der Waals surface area contributed by atoms with E-state index >= 15 is 0 Å². The predicted octanol–water partition coefficient (Wildman–Crippen LogP) is 4.22. The standard InChI is InChI=1S/C17H15F3N2O2S.ClH/c18-17(19,20)24-14-5-1-4-13(9-14)16-22(15(23)11-25-16)8-6-12-3-2-7-21-10-12;/h1-5,7,9-10,16H,6,8,11H2;1H. The first kappa shape index (κ1) is 20.4. The number of benzene rings is 1. The maximum Gasteiger partial charge on any atom is 0.573 e. The van der Waals surface area contributed by atoms with Crippen molar-refractivity contribution in [3.8, 4) is 5.75 Å². The summed E-state index contributed by atoms with van der Waals surface area (Å²) in [5, 5.41) is -0.319. The molecule has 4 nitrogen and oxygen atoms in total. The molecule has 0 radical (unpaired) electrons. The normalized spacial score (nSPS) is 17.1. The van der Waals surface area contributed by atoms with Gasteiger partial charge in [-0.05, 0) is 35.7 Å². The zero-order valence-electron chi connectivity index (χ0n) is 13.5. The highest BCUT2D eigenvalue weighted by atomic mass is 35.5. The zero-order valence-corrected chi connectivity index (χ0v) is 15.1. The molecule has 0 N–H and O–H groups in total. The van der Waals surface area contributed by atoms with Crippen LogP contribution in [0.2, 0.25) is 0 Å². The molecule has 0 spiro atoms. The van der Waals surface area contributed by atoms with E-state index in [0.717, 1.165) is 5.56 Å². The Kier molecular flexibility index (Phi) is 6.77. The number of hydrogen-bond acceptors (Lipinski definition) is 4. The molecule has 1 fully saturated rings. The van der Waals surface area contributed by atoms with E-state index in [1.807, 2.05) is 12.1 Å². The molecule has 0 bridgehead atoms. The van der Waals surface area contributed by atoms with Crippen molar-refractivity contribution >= 4 is 30.1 Å². The number of alkyl halides is 3. The topological polar surface area (TPSA) is 42.4 Å². The molecule has 1 atom stereocenters. The fourth-order valence-corrected chi connectivity index (χ4v) is 3.84. The third-order valence-electron chi connectivity index (χ3n) is 3.71. The molecule has 9 heteroatoms. The second-order valence-corrected chi connectivity index (χ2v) is 6.55. The summed E-state index contributed by atoms with van der Waals surface area (Å²) in [5.74, 6) is 0.000371. The Balaban J connectivity index is 0.00000243. The average Bonchev–Trinajstić information content (AvgIpc) is 2.93. The van der Waals surface area contributed by atoms with Crippen molar-refractivity contribution in [1.29, 1.82) is 0 Å². The van der Waals surface area contributed by atoms with Gasteiger partial charge in [-0.2, -0.15) is 0 Å². The van der Waals surface area contributed by atoms with Gasteiger partial charge in [0.05, 0.1) is 5.75 Å². The number of nitrogens with zero attached hydrogens (tertiary/aromatic N) is 2. The highest BCUT2D eigenvalue weighted by Crippen LogP contribution is 2.40. The number of carbonyl (C=O) groups excluding carboxylic acids is 1. The van der Waals surface area contributed by atoms with Crippen molar-refractivity contribution in [3.63, 3.8) is 0 Å². The largest absolute Gasteiger partial charge is 0.573 e. The molecular weight excluding hydrogens is 389 g/mol. The lowest BCUT2D eigenvalue weighted by Crippen LogP contribution is -2.30. The summed E-state index contributed by atoms with van der Waals surface area (Å²) < 4.78 is 41.2. The van der Waals surface area contributed by atoms with Crippen LogP contribution >= 0.6 is 24.2 Å². The lowest BCUT2D eigenvalue weighted by atomic mass is 10.1. The van der Waals surface area contributed by atoms with E-state index in [1.165, 1.54) is 30.0 Å². The van der Waals surface area contributed by atoms with Crippen LogP contribution in [0.3, 0.4) is 0 Å². The molecular formula is C17H16ClF3N2O2S. The van der Waals surface area contributed by atoms with Crippen molar-refractivity contribution in [2.75, 3.05) is 12.3 Å². The van der Waals surface area contributed by atoms with Crippen LogP contribution in [0.5, 0.6) is 5.75 Å². The van der Waals surface area contributed by atoms with Gasteiger partial charge < -0.3 is 9.64 Å². The van der Waals surface area contributed by atoms with E-state index < -0.39 is 6.36 Å². The van der Waals surface area contributed by atoms with E-state index in [1.54, 1.807) is 23.4 Å². The molecule has 2 aromatic rings. The Bertz CT molecular complexity index is 746. The molecule has 26 heavy (non-hydrogen) atoms. The smallest absolute Gasteiger partial charge is 0.406 e. The number of halogens is 4. The summed E-state index contributed by atoms with van der Waals surface area (Å²) in [6.45, 7) is 0.479. The maximum absolute atomic E-state index is 12.4. The number of thioether (sulfide) groups is 1. The quantitative estimate of drug-likeness (QED) is 0.748. The number of carbonyl (C=O) groups is 1. The number of ether oxygens (including phenoxy) is 1. The van der Waals surface area contributed by atoms with E-state index in [-0.39, 0.29) is 29.4 Å². The van der Waals surface area contributed by atoms with Gasteiger partial charge in [0.25, 0.3) is 0 Å². The van der Waals surface area contributed by atoms with Crippen molar-refractivity contribution < 1.29 is 22.7 Å². The van der Waals surface area contributed by atoms with Gasteiger partial charge in [0.2, 0.25) is 5.91 Å². The highest BCUT2D eigenvalue weighted by Gasteiger charge is 2.34. The Labute approximate surface area is 159 Å². The van der Waals surface area contributed by atoms with Crippen LogP contribution in [0.1, 0.15) is 16.5 Å². The van der Waals surface area contributed by atoms with Gasteiger partial charge in [-0.3, -0.25) is 9.78 Å². The fourth-order valence-electron chi connectivity index (χ4n) is 2.63. The van der Waals surface area contributed by atoms with Crippen LogP contribution in [-0.2, 0) is 11.2 Å². The zero-order chi connectivity index (χ0) is 17.9.